The molecule has 14 heteroatoms. The molecule has 0 bridgehead atoms. The average molecular weight is 1300 g/mol. The van der Waals surface area contributed by atoms with E-state index in [0.717, 1.165) is 110 Å². The lowest BCUT2D eigenvalue weighted by Gasteiger charge is -2.37. The molecular weight excluding hydrogens is 1210 g/mol. The van der Waals surface area contributed by atoms with E-state index < -0.39 is 22.4 Å². The third kappa shape index (κ3) is 18.1. The summed E-state index contributed by atoms with van der Waals surface area (Å²) < 4.78 is 83.0. The van der Waals surface area contributed by atoms with Crippen molar-refractivity contribution < 1.29 is 66.7 Å². The first kappa shape index (κ1) is 71.7. The number of rotatable bonds is 43. The van der Waals surface area contributed by atoms with E-state index in [1.54, 1.807) is 42.7 Å². The predicted molar refractivity (Wildman–Crippen MR) is 375 cm³/mol. The summed E-state index contributed by atoms with van der Waals surface area (Å²) in [5, 5.41) is 9.56. The lowest BCUT2D eigenvalue weighted by atomic mass is 9.80. The number of aliphatic hydroxyl groups excluding tert-OH is 1. The van der Waals surface area contributed by atoms with Gasteiger partial charge >= 0.3 is 0 Å². The molecule has 0 heterocycles. The molecule has 0 radical (unpaired) electrons. The average Bonchev–Trinajstić information content (AvgIpc) is 0.773. The zero-order valence-corrected chi connectivity index (χ0v) is 56.5. The van der Waals surface area contributed by atoms with Crippen LogP contribution in [0.5, 0.6) is 34.5 Å². The maximum absolute atomic E-state index is 9.56. The minimum Gasteiger partial charge on any atom is -0.497 e. The molecule has 0 atom stereocenters. The molecule has 9 aromatic carbocycles. The van der Waals surface area contributed by atoms with E-state index in [1.165, 1.54) is 0 Å². The molecule has 0 aliphatic heterocycles. The van der Waals surface area contributed by atoms with Crippen molar-refractivity contribution >= 4 is 0 Å². The van der Waals surface area contributed by atoms with Crippen molar-refractivity contribution in [3.05, 3.63) is 287 Å². The van der Waals surface area contributed by atoms with Crippen LogP contribution in [0.15, 0.2) is 237 Å². The SMILES string of the molecule is COc1ccc(C(OCCCOCC(COCCCCCCO)(COCCCOC(c2ccccc2)(c2ccc(OC)cc2)c2ccc(OC)cc2)OCCCOC(c2ccccc2)(c2ccc(OC)cc2)c2ccc(OC)cc2)(c2ccccc2)c2ccc(OC)cc2)cc1. The fourth-order valence-corrected chi connectivity index (χ4v) is 12.3. The quantitative estimate of drug-likeness (QED) is 0.0286. The maximum Gasteiger partial charge on any atom is 0.143 e. The molecule has 0 saturated carbocycles. The Labute approximate surface area is 567 Å². The van der Waals surface area contributed by atoms with Crippen LogP contribution in [0, 0.1) is 0 Å². The third-order valence-corrected chi connectivity index (χ3v) is 17.3. The van der Waals surface area contributed by atoms with Crippen molar-refractivity contribution in [3.63, 3.8) is 0 Å². The molecule has 0 aliphatic carbocycles. The van der Waals surface area contributed by atoms with E-state index in [4.69, 9.17) is 61.6 Å². The Morgan fingerprint density at radius 2 is 0.448 bits per heavy atom. The highest BCUT2D eigenvalue weighted by Crippen LogP contribution is 2.45. The van der Waals surface area contributed by atoms with Crippen LogP contribution in [-0.4, -0.2) is 126 Å². The lowest BCUT2D eigenvalue weighted by Crippen LogP contribution is -2.48. The summed E-state index contributed by atoms with van der Waals surface area (Å²) in [6, 6.07) is 79.1. The Morgan fingerprint density at radius 1 is 0.229 bits per heavy atom. The van der Waals surface area contributed by atoms with Crippen LogP contribution in [0.1, 0.15) is 95.0 Å². The van der Waals surface area contributed by atoms with Crippen molar-refractivity contribution in [1.29, 1.82) is 0 Å². The summed E-state index contributed by atoms with van der Waals surface area (Å²) in [4.78, 5) is 0. The molecule has 0 spiro atoms. The van der Waals surface area contributed by atoms with Gasteiger partial charge in [-0.15, -0.1) is 0 Å². The second-order valence-corrected chi connectivity index (χ2v) is 23.4. The smallest absolute Gasteiger partial charge is 0.143 e. The van der Waals surface area contributed by atoms with Gasteiger partial charge < -0.3 is 66.7 Å². The van der Waals surface area contributed by atoms with Crippen LogP contribution in [-0.2, 0) is 50.0 Å². The van der Waals surface area contributed by atoms with E-state index >= 15 is 0 Å². The lowest BCUT2D eigenvalue weighted by molar-refractivity contribution is -0.171. The van der Waals surface area contributed by atoms with Gasteiger partial charge in [-0.2, -0.15) is 0 Å². The number of methoxy groups -OCH3 is 6. The number of hydrogen-bond acceptors (Lipinski definition) is 14. The van der Waals surface area contributed by atoms with Crippen LogP contribution in [0.2, 0.25) is 0 Å². The summed E-state index contributed by atoms with van der Waals surface area (Å²) in [7, 11) is 10.0. The van der Waals surface area contributed by atoms with Gasteiger partial charge in [0.1, 0.15) is 56.9 Å². The van der Waals surface area contributed by atoms with Gasteiger partial charge in [-0.1, -0.05) is 177 Å². The third-order valence-electron chi connectivity index (χ3n) is 17.3. The summed E-state index contributed by atoms with van der Waals surface area (Å²) in [6.45, 7) is 3.05. The number of ether oxygens (including phenoxy) is 13. The Bertz CT molecular complexity index is 3290. The molecule has 0 saturated heterocycles. The van der Waals surface area contributed by atoms with E-state index in [-0.39, 0.29) is 33.0 Å². The minimum atomic E-state index is -1.07. The van der Waals surface area contributed by atoms with Gasteiger partial charge in [0.05, 0.1) is 82.3 Å². The van der Waals surface area contributed by atoms with Crippen molar-refractivity contribution in [1.82, 2.24) is 0 Å². The minimum absolute atomic E-state index is 0.146. The van der Waals surface area contributed by atoms with Crippen molar-refractivity contribution in [2.24, 2.45) is 0 Å². The normalized spacial score (nSPS) is 11.9. The van der Waals surface area contributed by atoms with Crippen LogP contribution >= 0.6 is 0 Å². The fraction of sp³-hybridized carbons (Fsp3) is 0.341. The summed E-state index contributed by atoms with van der Waals surface area (Å²) >= 11 is 0. The zero-order chi connectivity index (χ0) is 67.2. The molecule has 14 nitrogen and oxygen atoms in total. The Morgan fingerprint density at radius 3 is 0.698 bits per heavy atom. The molecule has 9 aromatic rings. The fourth-order valence-electron chi connectivity index (χ4n) is 12.3. The van der Waals surface area contributed by atoms with Crippen LogP contribution in [0.3, 0.4) is 0 Å². The largest absolute Gasteiger partial charge is 0.497 e. The van der Waals surface area contributed by atoms with Gasteiger partial charge in [-0.3, -0.25) is 0 Å². The highest BCUT2D eigenvalue weighted by Gasteiger charge is 2.41. The number of benzene rings is 9. The molecule has 0 fully saturated rings. The number of hydrogen-bond donors (Lipinski definition) is 1. The van der Waals surface area contributed by atoms with Gasteiger partial charge in [-0.05, 0) is 155 Å². The summed E-state index contributed by atoms with van der Waals surface area (Å²) in [6.07, 6.45) is 4.96. The molecule has 506 valence electrons. The topological polar surface area (TPSA) is 140 Å². The van der Waals surface area contributed by atoms with Gasteiger partial charge in [0.15, 0.2) is 0 Å². The van der Waals surface area contributed by atoms with E-state index in [0.29, 0.717) is 58.9 Å². The van der Waals surface area contributed by atoms with E-state index in [9.17, 15) is 5.11 Å². The second kappa shape index (κ2) is 37.1. The predicted octanol–water partition coefficient (Wildman–Crippen LogP) is 15.6. The number of unbranched alkanes of at least 4 members (excludes halogenated alkanes) is 3. The molecule has 96 heavy (non-hydrogen) atoms. The van der Waals surface area contributed by atoms with Crippen LogP contribution in [0.25, 0.3) is 0 Å². The first-order valence-electron chi connectivity index (χ1n) is 33.2. The molecule has 0 aromatic heterocycles. The standard InChI is InChI=1S/C82H94O14/c1-84-73-41-29-67(30-42-73)80(64-23-12-9-13-24-64,68-31-43-74(85-2)44-32-68)94-58-20-55-91-62-79(61-90-54-19-8-7-18-53-83,93-57-22-60-96-82(66-27-16-11-17-28-66,71-37-49-77(88-5)50-38-71)72-39-51-78(89-6)52-40-72)63-92-56-21-59-95-81(65-25-14-10-15-26-65,69-33-45-75(86-3)46-34-69)70-35-47-76(87-4)48-36-70/h9-17,23-52,83H,7-8,18-22,53-63H2,1-6H3. The van der Waals surface area contributed by atoms with Gasteiger partial charge in [0, 0.05) is 33.0 Å². The van der Waals surface area contributed by atoms with Crippen LogP contribution < -0.4 is 28.4 Å². The molecule has 1 N–H and O–H groups in total. The van der Waals surface area contributed by atoms with E-state index in [1.807, 2.05) is 127 Å². The first-order chi connectivity index (χ1) is 47.2. The zero-order valence-electron chi connectivity index (χ0n) is 56.5. The van der Waals surface area contributed by atoms with Crippen LogP contribution in [0.4, 0.5) is 0 Å². The molecular formula is C82H94O14. The number of aliphatic hydroxyl groups is 1. The monoisotopic (exact) mass is 1300 g/mol. The van der Waals surface area contributed by atoms with Crippen molar-refractivity contribution in [2.45, 2.75) is 67.3 Å². The summed E-state index contributed by atoms with van der Waals surface area (Å²) in [5.41, 5.74) is 4.41. The molecule has 0 amide bonds. The molecule has 0 aliphatic rings. The second-order valence-electron chi connectivity index (χ2n) is 23.4. The maximum atomic E-state index is 9.56. The Kier molecular flexibility index (Phi) is 27.7. The summed E-state index contributed by atoms with van der Waals surface area (Å²) in [5.74, 6) is 4.45. The Hall–Kier alpha value is -8.54. The van der Waals surface area contributed by atoms with Crippen molar-refractivity contribution in [3.8, 4) is 34.5 Å². The Balaban J connectivity index is 0.986. The van der Waals surface area contributed by atoms with E-state index in [2.05, 4.69) is 109 Å². The highest BCUT2D eigenvalue weighted by molar-refractivity contribution is 5.53. The molecule has 0 unspecified atom stereocenters. The highest BCUT2D eigenvalue weighted by atomic mass is 16.6. The molecule has 9 rings (SSSR count). The van der Waals surface area contributed by atoms with Gasteiger partial charge in [0.2, 0.25) is 0 Å². The van der Waals surface area contributed by atoms with Gasteiger partial charge in [0.25, 0.3) is 0 Å². The van der Waals surface area contributed by atoms with Crippen molar-refractivity contribution in [2.75, 3.05) is 115 Å². The first-order valence-corrected chi connectivity index (χ1v) is 33.2. The van der Waals surface area contributed by atoms with Gasteiger partial charge in [-0.25, -0.2) is 0 Å².